The lowest BCUT2D eigenvalue weighted by Gasteiger charge is -2.44. The Labute approximate surface area is 95.6 Å². The molecule has 0 aliphatic carbocycles. The van der Waals surface area contributed by atoms with Crippen LogP contribution in [0.3, 0.4) is 0 Å². The second-order valence-electron chi connectivity index (χ2n) is 6.18. The lowest BCUT2D eigenvalue weighted by Crippen LogP contribution is -2.55. The molecule has 1 fully saturated rings. The van der Waals surface area contributed by atoms with Crippen LogP contribution < -0.4 is 0 Å². The molecule has 2 heteroatoms. The normalized spacial score (nSPS) is 23.4. The summed E-state index contributed by atoms with van der Waals surface area (Å²) >= 11 is 0. The summed E-state index contributed by atoms with van der Waals surface area (Å²) < 4.78 is 0. The molecule has 90 valence electrons. The molecule has 1 heterocycles. The molecule has 2 nitrogen and oxygen atoms in total. The number of rotatable bonds is 2. The van der Waals surface area contributed by atoms with Crippen molar-refractivity contribution in [1.29, 1.82) is 0 Å². The third kappa shape index (κ3) is 3.46. The Hall–Kier alpha value is -0.0800. The van der Waals surface area contributed by atoms with Crippen LogP contribution in [0, 0.1) is 5.92 Å². The molecule has 0 unspecified atom stereocenters. The topological polar surface area (TPSA) is 6.48 Å². The number of nitrogens with zero attached hydrogens (tertiary/aromatic N) is 2. The highest BCUT2D eigenvalue weighted by atomic mass is 15.3. The molecule has 0 amide bonds. The van der Waals surface area contributed by atoms with Gasteiger partial charge in [-0.15, -0.1) is 0 Å². The number of piperazine rings is 1. The van der Waals surface area contributed by atoms with Gasteiger partial charge in [0.05, 0.1) is 0 Å². The van der Waals surface area contributed by atoms with Gasteiger partial charge in [-0.25, -0.2) is 0 Å². The predicted octanol–water partition coefficient (Wildman–Crippen LogP) is 2.45. The van der Waals surface area contributed by atoms with Crippen LogP contribution in [0.1, 0.15) is 41.5 Å². The summed E-state index contributed by atoms with van der Waals surface area (Å²) in [6.07, 6.45) is 0. The van der Waals surface area contributed by atoms with E-state index in [1.165, 1.54) is 26.2 Å². The van der Waals surface area contributed by atoms with E-state index in [1.807, 2.05) is 0 Å². The van der Waals surface area contributed by atoms with Crippen LogP contribution in [0.25, 0.3) is 0 Å². The van der Waals surface area contributed by atoms with E-state index in [-0.39, 0.29) is 0 Å². The maximum absolute atomic E-state index is 2.63. The first-order valence-electron chi connectivity index (χ1n) is 6.31. The van der Waals surface area contributed by atoms with Gasteiger partial charge in [0.15, 0.2) is 0 Å². The zero-order valence-electron chi connectivity index (χ0n) is 11.4. The Morgan fingerprint density at radius 1 is 0.867 bits per heavy atom. The third-order valence-corrected chi connectivity index (χ3v) is 3.80. The van der Waals surface area contributed by atoms with Gasteiger partial charge in [-0.05, 0) is 33.6 Å². The average Bonchev–Trinajstić information content (AvgIpc) is 2.15. The van der Waals surface area contributed by atoms with Crippen LogP contribution >= 0.6 is 0 Å². The minimum Gasteiger partial charge on any atom is -0.298 e. The van der Waals surface area contributed by atoms with E-state index in [0.717, 1.165) is 12.0 Å². The highest BCUT2D eigenvalue weighted by molar-refractivity contribution is 4.84. The van der Waals surface area contributed by atoms with Crippen molar-refractivity contribution in [2.24, 2.45) is 5.92 Å². The van der Waals surface area contributed by atoms with Crippen molar-refractivity contribution in [3.63, 3.8) is 0 Å². The van der Waals surface area contributed by atoms with E-state index >= 15 is 0 Å². The molecule has 1 rings (SSSR count). The molecule has 0 aromatic carbocycles. The molecule has 0 radical (unpaired) electrons. The van der Waals surface area contributed by atoms with Crippen LogP contribution in [-0.4, -0.2) is 47.6 Å². The Morgan fingerprint density at radius 3 is 1.67 bits per heavy atom. The van der Waals surface area contributed by atoms with E-state index in [4.69, 9.17) is 0 Å². The summed E-state index contributed by atoms with van der Waals surface area (Å²) in [7, 11) is 0. The Bertz CT molecular complexity index is 185. The van der Waals surface area contributed by atoms with Crippen LogP contribution in [0.15, 0.2) is 0 Å². The van der Waals surface area contributed by atoms with Crippen molar-refractivity contribution in [2.75, 3.05) is 26.2 Å². The first-order valence-corrected chi connectivity index (χ1v) is 6.31. The smallest absolute Gasteiger partial charge is 0.0126 e. The van der Waals surface area contributed by atoms with Gasteiger partial charge in [0.1, 0.15) is 0 Å². The maximum atomic E-state index is 2.63. The second-order valence-corrected chi connectivity index (χ2v) is 6.18. The van der Waals surface area contributed by atoms with Crippen LogP contribution in [-0.2, 0) is 0 Å². The standard InChI is InChI=1S/C13H28N2/c1-11(2)12(3)14-7-9-15(10-8-14)13(4,5)6/h11-12H,7-10H2,1-6H3/t12-/m1/s1. The fraction of sp³-hybridized carbons (Fsp3) is 1.00. The van der Waals surface area contributed by atoms with Gasteiger partial charge in [0.2, 0.25) is 0 Å². The van der Waals surface area contributed by atoms with E-state index in [0.29, 0.717) is 5.54 Å². The molecular weight excluding hydrogens is 184 g/mol. The van der Waals surface area contributed by atoms with Crippen LogP contribution in [0.4, 0.5) is 0 Å². The Morgan fingerprint density at radius 2 is 1.33 bits per heavy atom. The van der Waals surface area contributed by atoms with Gasteiger partial charge in [0.25, 0.3) is 0 Å². The van der Waals surface area contributed by atoms with Crippen LogP contribution in [0.2, 0.25) is 0 Å². The molecular formula is C13H28N2. The zero-order valence-corrected chi connectivity index (χ0v) is 11.4. The monoisotopic (exact) mass is 212 g/mol. The quantitative estimate of drug-likeness (QED) is 0.694. The minimum atomic E-state index is 0.340. The molecule has 1 aliphatic rings. The van der Waals surface area contributed by atoms with Gasteiger partial charge < -0.3 is 0 Å². The fourth-order valence-corrected chi connectivity index (χ4v) is 2.22. The lowest BCUT2D eigenvalue weighted by atomic mass is 10.0. The first kappa shape index (κ1) is 13.0. The Kier molecular flexibility index (Phi) is 4.19. The third-order valence-electron chi connectivity index (χ3n) is 3.80. The van der Waals surface area contributed by atoms with E-state index in [1.54, 1.807) is 0 Å². The lowest BCUT2D eigenvalue weighted by molar-refractivity contribution is 0.0359. The first-order chi connectivity index (χ1) is 6.82. The van der Waals surface area contributed by atoms with Crippen molar-refractivity contribution in [3.05, 3.63) is 0 Å². The van der Waals surface area contributed by atoms with Crippen molar-refractivity contribution < 1.29 is 0 Å². The molecule has 0 N–H and O–H groups in total. The van der Waals surface area contributed by atoms with Gasteiger partial charge in [0, 0.05) is 37.8 Å². The van der Waals surface area contributed by atoms with E-state index in [2.05, 4.69) is 51.3 Å². The van der Waals surface area contributed by atoms with Gasteiger partial charge >= 0.3 is 0 Å². The molecule has 0 aromatic rings. The SMILES string of the molecule is CC(C)[C@@H](C)N1CCN(C(C)(C)C)CC1. The largest absolute Gasteiger partial charge is 0.298 e. The molecule has 0 aromatic heterocycles. The van der Waals surface area contributed by atoms with Crippen molar-refractivity contribution in [1.82, 2.24) is 9.80 Å². The summed E-state index contributed by atoms with van der Waals surface area (Å²) in [5.74, 6) is 0.770. The van der Waals surface area contributed by atoms with Gasteiger partial charge in [-0.3, -0.25) is 9.80 Å². The summed E-state index contributed by atoms with van der Waals surface area (Å²) in [5.41, 5.74) is 0.340. The second kappa shape index (κ2) is 4.84. The van der Waals surface area contributed by atoms with Crippen molar-refractivity contribution >= 4 is 0 Å². The fourth-order valence-electron chi connectivity index (χ4n) is 2.22. The number of hydrogen-bond donors (Lipinski definition) is 0. The maximum Gasteiger partial charge on any atom is 0.0126 e. The van der Waals surface area contributed by atoms with Crippen LogP contribution in [0.5, 0.6) is 0 Å². The van der Waals surface area contributed by atoms with E-state index < -0.39 is 0 Å². The highest BCUT2D eigenvalue weighted by Crippen LogP contribution is 2.18. The van der Waals surface area contributed by atoms with Gasteiger partial charge in [-0.1, -0.05) is 13.8 Å². The minimum absolute atomic E-state index is 0.340. The molecule has 15 heavy (non-hydrogen) atoms. The van der Waals surface area contributed by atoms with Gasteiger partial charge in [-0.2, -0.15) is 0 Å². The summed E-state index contributed by atoms with van der Waals surface area (Å²) in [5, 5.41) is 0. The molecule has 1 saturated heterocycles. The van der Waals surface area contributed by atoms with Crippen molar-refractivity contribution in [2.45, 2.75) is 53.1 Å². The predicted molar refractivity (Wildman–Crippen MR) is 67.2 cm³/mol. The van der Waals surface area contributed by atoms with E-state index in [9.17, 15) is 0 Å². The molecule has 0 bridgehead atoms. The summed E-state index contributed by atoms with van der Waals surface area (Å²) in [6, 6.07) is 0.729. The zero-order chi connectivity index (χ0) is 11.6. The number of hydrogen-bond acceptors (Lipinski definition) is 2. The molecule has 1 aliphatic heterocycles. The summed E-state index contributed by atoms with van der Waals surface area (Å²) in [6.45, 7) is 18.9. The molecule has 0 spiro atoms. The van der Waals surface area contributed by atoms with Crippen molar-refractivity contribution in [3.8, 4) is 0 Å². The molecule has 1 atom stereocenters. The molecule has 0 saturated carbocycles. The Balaban J connectivity index is 2.42. The average molecular weight is 212 g/mol. The highest BCUT2D eigenvalue weighted by Gasteiger charge is 2.28. The summed E-state index contributed by atoms with van der Waals surface area (Å²) in [4.78, 5) is 5.23.